The minimum absolute atomic E-state index is 0.258. The zero-order chi connectivity index (χ0) is 16.3. The highest BCUT2D eigenvalue weighted by Crippen LogP contribution is 2.31. The van der Waals surface area contributed by atoms with E-state index in [9.17, 15) is 14.0 Å². The third-order valence-corrected chi connectivity index (χ3v) is 3.50. The average molecular weight is 304 g/mol. The average Bonchev–Trinajstić information content (AvgIpc) is 2.50. The molecule has 1 aromatic carbocycles. The van der Waals surface area contributed by atoms with Gasteiger partial charge in [0, 0.05) is 12.2 Å². The Bertz CT molecular complexity index is 655. The Morgan fingerprint density at radius 2 is 2.27 bits per heavy atom. The van der Waals surface area contributed by atoms with Gasteiger partial charge in [-0.05, 0) is 24.6 Å². The van der Waals surface area contributed by atoms with Gasteiger partial charge in [0.05, 0.1) is 18.7 Å². The zero-order valence-electron chi connectivity index (χ0n) is 12.4. The van der Waals surface area contributed by atoms with Crippen molar-refractivity contribution in [1.29, 1.82) is 0 Å². The van der Waals surface area contributed by atoms with E-state index in [1.54, 1.807) is 19.1 Å². The van der Waals surface area contributed by atoms with Crippen LogP contribution < -0.4 is 5.32 Å². The molecule has 0 radical (unpaired) electrons. The number of halogens is 1. The highest BCUT2D eigenvalue weighted by molar-refractivity contribution is 5.95. The Balaban J connectivity index is 2.55. The van der Waals surface area contributed by atoms with Crippen molar-refractivity contribution in [1.82, 2.24) is 10.2 Å². The molecule has 5 nitrogen and oxygen atoms in total. The number of benzene rings is 1. The second kappa shape index (κ2) is 6.43. The Morgan fingerprint density at radius 3 is 2.86 bits per heavy atom. The van der Waals surface area contributed by atoms with Crippen molar-refractivity contribution >= 4 is 12.0 Å². The van der Waals surface area contributed by atoms with Gasteiger partial charge in [0.15, 0.2) is 0 Å². The maximum absolute atomic E-state index is 13.5. The minimum Gasteiger partial charge on any atom is -0.466 e. The van der Waals surface area contributed by atoms with Gasteiger partial charge in [-0.25, -0.2) is 14.0 Å². The molecule has 2 amide bonds. The molecule has 1 aromatic rings. The molecule has 0 unspecified atom stereocenters. The first-order chi connectivity index (χ1) is 10.5. The molecule has 0 saturated heterocycles. The summed E-state index contributed by atoms with van der Waals surface area (Å²) in [6.07, 6.45) is 1.56. The van der Waals surface area contributed by atoms with Gasteiger partial charge in [-0.3, -0.25) is 4.90 Å². The molecule has 1 aliphatic heterocycles. The summed E-state index contributed by atoms with van der Waals surface area (Å²) in [5.41, 5.74) is 1.21. The van der Waals surface area contributed by atoms with E-state index < -0.39 is 17.8 Å². The quantitative estimate of drug-likeness (QED) is 0.687. The minimum atomic E-state index is -0.753. The summed E-state index contributed by atoms with van der Waals surface area (Å²) in [5, 5.41) is 2.70. The van der Waals surface area contributed by atoms with Crippen LogP contribution in [0, 0.1) is 5.82 Å². The number of methoxy groups -OCH3 is 1. The lowest BCUT2D eigenvalue weighted by molar-refractivity contribution is -0.136. The SMILES string of the molecule is C=CCN1C(=O)N[C@@H](c2cccc(F)c2)C(C(=O)OC)=C1C. The van der Waals surface area contributed by atoms with E-state index in [0.717, 1.165) is 0 Å². The number of carbonyl (C=O) groups is 2. The normalized spacial score (nSPS) is 18.0. The van der Waals surface area contributed by atoms with Gasteiger partial charge in [0.1, 0.15) is 5.82 Å². The molecule has 6 heteroatoms. The number of rotatable bonds is 4. The maximum atomic E-state index is 13.5. The number of amides is 2. The molecule has 0 spiro atoms. The van der Waals surface area contributed by atoms with Gasteiger partial charge in [-0.2, -0.15) is 0 Å². The van der Waals surface area contributed by atoms with Gasteiger partial charge < -0.3 is 10.1 Å². The van der Waals surface area contributed by atoms with Gasteiger partial charge in [-0.1, -0.05) is 18.2 Å². The highest BCUT2D eigenvalue weighted by atomic mass is 19.1. The van der Waals surface area contributed by atoms with Crippen LogP contribution in [0.4, 0.5) is 9.18 Å². The van der Waals surface area contributed by atoms with Gasteiger partial charge in [0.2, 0.25) is 0 Å². The van der Waals surface area contributed by atoms with Crippen LogP contribution in [0.25, 0.3) is 0 Å². The lowest BCUT2D eigenvalue weighted by Crippen LogP contribution is -2.48. The number of allylic oxidation sites excluding steroid dienone is 1. The highest BCUT2D eigenvalue weighted by Gasteiger charge is 2.35. The third-order valence-electron chi connectivity index (χ3n) is 3.50. The summed E-state index contributed by atoms with van der Waals surface area (Å²) in [5.74, 6) is -1.01. The molecule has 1 atom stereocenters. The largest absolute Gasteiger partial charge is 0.466 e. The van der Waals surface area contributed by atoms with E-state index in [1.807, 2.05) is 0 Å². The molecule has 0 saturated carbocycles. The second-order valence-corrected chi connectivity index (χ2v) is 4.83. The fraction of sp³-hybridized carbons (Fsp3) is 0.250. The Labute approximate surface area is 128 Å². The Kier molecular flexibility index (Phi) is 4.60. The summed E-state index contributed by atoms with van der Waals surface area (Å²) >= 11 is 0. The predicted octanol–water partition coefficient (Wildman–Crippen LogP) is 2.53. The molecule has 22 heavy (non-hydrogen) atoms. The fourth-order valence-corrected chi connectivity index (χ4v) is 2.44. The zero-order valence-corrected chi connectivity index (χ0v) is 12.4. The van der Waals surface area contributed by atoms with Crippen molar-refractivity contribution < 1.29 is 18.7 Å². The number of nitrogens with one attached hydrogen (secondary N) is 1. The number of esters is 1. The van der Waals surface area contributed by atoms with Crippen LogP contribution in [0.2, 0.25) is 0 Å². The molecule has 0 bridgehead atoms. The topological polar surface area (TPSA) is 58.6 Å². The van der Waals surface area contributed by atoms with Crippen LogP contribution >= 0.6 is 0 Å². The van der Waals surface area contributed by atoms with Crippen molar-refractivity contribution in [3.63, 3.8) is 0 Å². The van der Waals surface area contributed by atoms with E-state index in [1.165, 1.54) is 30.2 Å². The third kappa shape index (κ3) is 2.86. The molecule has 116 valence electrons. The number of carbonyl (C=O) groups excluding carboxylic acids is 2. The first kappa shape index (κ1) is 15.8. The molecule has 2 rings (SSSR count). The van der Waals surface area contributed by atoms with Crippen molar-refractivity contribution in [2.45, 2.75) is 13.0 Å². The lowest BCUT2D eigenvalue weighted by Gasteiger charge is -2.34. The van der Waals surface area contributed by atoms with Crippen LogP contribution in [0.1, 0.15) is 18.5 Å². The van der Waals surface area contributed by atoms with E-state index in [2.05, 4.69) is 11.9 Å². The van der Waals surface area contributed by atoms with E-state index in [4.69, 9.17) is 4.74 Å². The van der Waals surface area contributed by atoms with E-state index >= 15 is 0 Å². The predicted molar refractivity (Wildman–Crippen MR) is 79.3 cm³/mol. The van der Waals surface area contributed by atoms with Crippen molar-refractivity contribution in [2.75, 3.05) is 13.7 Å². The summed E-state index contributed by atoms with van der Waals surface area (Å²) in [6, 6.07) is 4.62. The van der Waals surface area contributed by atoms with Crippen molar-refractivity contribution in [3.05, 3.63) is 59.6 Å². The smallest absolute Gasteiger partial charge is 0.337 e. The summed E-state index contributed by atoms with van der Waals surface area (Å²) in [6.45, 7) is 5.50. The molecular weight excluding hydrogens is 287 g/mol. The van der Waals surface area contributed by atoms with Crippen LogP contribution in [0.5, 0.6) is 0 Å². The molecule has 1 N–H and O–H groups in total. The molecular formula is C16H17FN2O3. The summed E-state index contributed by atoms with van der Waals surface area (Å²) < 4.78 is 18.3. The van der Waals surface area contributed by atoms with E-state index in [0.29, 0.717) is 11.3 Å². The number of hydrogen-bond acceptors (Lipinski definition) is 3. The second-order valence-electron chi connectivity index (χ2n) is 4.83. The number of urea groups is 1. The standard InChI is InChI=1S/C16H17FN2O3/c1-4-8-19-10(2)13(15(20)22-3)14(18-16(19)21)11-6-5-7-12(17)9-11/h4-7,9,14H,1,8H2,2-3H3,(H,18,21)/t14-/m0/s1. The summed E-state index contributed by atoms with van der Waals surface area (Å²) in [7, 11) is 1.26. The fourth-order valence-electron chi connectivity index (χ4n) is 2.44. The van der Waals surface area contributed by atoms with Gasteiger partial charge in [-0.15, -0.1) is 6.58 Å². The first-order valence-corrected chi connectivity index (χ1v) is 6.73. The van der Waals surface area contributed by atoms with Crippen LogP contribution in [0.3, 0.4) is 0 Å². The molecule has 0 aliphatic carbocycles. The van der Waals surface area contributed by atoms with Crippen LogP contribution in [0.15, 0.2) is 48.2 Å². The number of nitrogens with zero attached hydrogens (tertiary/aromatic N) is 1. The van der Waals surface area contributed by atoms with Crippen molar-refractivity contribution in [3.8, 4) is 0 Å². The molecule has 1 heterocycles. The van der Waals surface area contributed by atoms with Gasteiger partial charge >= 0.3 is 12.0 Å². The van der Waals surface area contributed by atoms with Crippen LogP contribution in [-0.2, 0) is 9.53 Å². The lowest BCUT2D eigenvalue weighted by atomic mass is 9.95. The number of hydrogen-bond donors (Lipinski definition) is 1. The Morgan fingerprint density at radius 1 is 1.55 bits per heavy atom. The Hall–Kier alpha value is -2.63. The number of ether oxygens (including phenoxy) is 1. The van der Waals surface area contributed by atoms with Crippen molar-refractivity contribution in [2.24, 2.45) is 0 Å². The van der Waals surface area contributed by atoms with Crippen LogP contribution in [-0.4, -0.2) is 30.6 Å². The first-order valence-electron chi connectivity index (χ1n) is 6.73. The molecule has 1 aliphatic rings. The van der Waals surface area contributed by atoms with E-state index in [-0.39, 0.29) is 18.1 Å². The molecule has 0 aromatic heterocycles. The monoisotopic (exact) mass is 304 g/mol. The maximum Gasteiger partial charge on any atom is 0.337 e. The van der Waals surface area contributed by atoms with Gasteiger partial charge in [0.25, 0.3) is 0 Å². The molecule has 0 fully saturated rings. The summed E-state index contributed by atoms with van der Waals surface area (Å²) in [4.78, 5) is 25.7.